The molecule has 0 saturated heterocycles. The summed E-state index contributed by atoms with van der Waals surface area (Å²) in [5.41, 5.74) is 6.24. The number of alkyl halides is 3. The maximum atomic E-state index is 12.5. The fourth-order valence-electron chi connectivity index (χ4n) is 1.69. The van der Waals surface area contributed by atoms with Crippen molar-refractivity contribution in [1.29, 1.82) is 0 Å². The summed E-state index contributed by atoms with van der Waals surface area (Å²) in [6, 6.07) is 6.72. The van der Waals surface area contributed by atoms with E-state index in [9.17, 15) is 18.0 Å². The second kappa shape index (κ2) is 6.06. The highest BCUT2D eigenvalue weighted by Gasteiger charge is 2.36. The highest BCUT2D eigenvalue weighted by Crippen LogP contribution is 2.21. The van der Waals surface area contributed by atoms with Crippen LogP contribution in [0.4, 0.5) is 13.2 Å². The Labute approximate surface area is 110 Å². The Morgan fingerprint density at radius 3 is 2.21 bits per heavy atom. The van der Waals surface area contributed by atoms with Crippen LogP contribution in [0.15, 0.2) is 30.3 Å². The fourth-order valence-corrected chi connectivity index (χ4v) is 1.69. The van der Waals surface area contributed by atoms with Gasteiger partial charge in [0.25, 0.3) is 0 Å². The number of carbonyl (C=O) groups is 1. The molecule has 106 valence electrons. The molecule has 1 atom stereocenters. The summed E-state index contributed by atoms with van der Waals surface area (Å²) >= 11 is 0. The SMILES string of the molecule is CC(C)N(CC(F)(F)F)C(=O)[C@H](N)c1ccccc1. The van der Waals surface area contributed by atoms with Crippen molar-refractivity contribution in [2.24, 2.45) is 5.73 Å². The number of halogens is 3. The van der Waals surface area contributed by atoms with Gasteiger partial charge in [0, 0.05) is 6.04 Å². The zero-order chi connectivity index (χ0) is 14.6. The van der Waals surface area contributed by atoms with E-state index in [4.69, 9.17) is 5.73 Å². The van der Waals surface area contributed by atoms with Crippen molar-refractivity contribution >= 4 is 5.91 Å². The second-order valence-corrected chi connectivity index (χ2v) is 4.56. The van der Waals surface area contributed by atoms with Crippen LogP contribution >= 0.6 is 0 Å². The number of rotatable bonds is 4. The summed E-state index contributed by atoms with van der Waals surface area (Å²) in [6.07, 6.45) is -4.43. The first-order valence-corrected chi connectivity index (χ1v) is 5.90. The van der Waals surface area contributed by atoms with E-state index >= 15 is 0 Å². The van der Waals surface area contributed by atoms with E-state index in [1.807, 2.05) is 0 Å². The maximum absolute atomic E-state index is 12.5. The molecule has 0 unspecified atom stereocenters. The van der Waals surface area contributed by atoms with Crippen LogP contribution in [0.3, 0.4) is 0 Å². The number of hydrogen-bond acceptors (Lipinski definition) is 2. The van der Waals surface area contributed by atoms with Crippen molar-refractivity contribution in [2.45, 2.75) is 32.1 Å². The molecule has 19 heavy (non-hydrogen) atoms. The third-order valence-corrected chi connectivity index (χ3v) is 2.68. The molecule has 0 saturated carbocycles. The van der Waals surface area contributed by atoms with E-state index in [0.29, 0.717) is 5.56 Å². The Hall–Kier alpha value is -1.56. The largest absolute Gasteiger partial charge is 0.406 e. The van der Waals surface area contributed by atoms with Crippen LogP contribution in [0.2, 0.25) is 0 Å². The summed E-state index contributed by atoms with van der Waals surface area (Å²) in [4.78, 5) is 12.8. The minimum atomic E-state index is -4.43. The molecule has 0 aromatic heterocycles. The first kappa shape index (κ1) is 15.5. The number of benzene rings is 1. The number of carbonyl (C=O) groups excluding carboxylic acids is 1. The van der Waals surface area contributed by atoms with Gasteiger partial charge in [-0.15, -0.1) is 0 Å². The Balaban J connectivity index is 2.88. The Kier molecular flexibility index (Phi) is 4.94. The smallest absolute Gasteiger partial charge is 0.330 e. The molecular weight excluding hydrogens is 257 g/mol. The van der Waals surface area contributed by atoms with Gasteiger partial charge in [-0.3, -0.25) is 4.79 Å². The molecule has 6 heteroatoms. The molecule has 0 radical (unpaired) electrons. The molecule has 1 aromatic carbocycles. The van der Waals surface area contributed by atoms with E-state index in [-0.39, 0.29) is 0 Å². The molecule has 0 aliphatic carbocycles. The molecule has 0 aliphatic heterocycles. The van der Waals surface area contributed by atoms with Gasteiger partial charge < -0.3 is 10.6 Å². The first-order valence-electron chi connectivity index (χ1n) is 5.90. The zero-order valence-electron chi connectivity index (χ0n) is 10.8. The summed E-state index contributed by atoms with van der Waals surface area (Å²) in [7, 11) is 0. The number of amides is 1. The van der Waals surface area contributed by atoms with Gasteiger partial charge in [-0.05, 0) is 19.4 Å². The number of hydrogen-bond donors (Lipinski definition) is 1. The maximum Gasteiger partial charge on any atom is 0.406 e. The average molecular weight is 274 g/mol. The third-order valence-electron chi connectivity index (χ3n) is 2.68. The molecule has 0 spiro atoms. The quantitative estimate of drug-likeness (QED) is 0.917. The van der Waals surface area contributed by atoms with E-state index < -0.39 is 30.7 Å². The molecule has 1 rings (SSSR count). The Morgan fingerprint density at radius 1 is 1.26 bits per heavy atom. The van der Waals surface area contributed by atoms with Crippen molar-refractivity contribution in [2.75, 3.05) is 6.54 Å². The van der Waals surface area contributed by atoms with Crippen LogP contribution < -0.4 is 5.73 Å². The average Bonchev–Trinajstić information content (AvgIpc) is 2.34. The monoisotopic (exact) mass is 274 g/mol. The van der Waals surface area contributed by atoms with Crippen LogP contribution in [0.25, 0.3) is 0 Å². The van der Waals surface area contributed by atoms with Crippen LogP contribution in [0.5, 0.6) is 0 Å². The molecule has 0 aliphatic rings. The minimum absolute atomic E-state index is 0.500. The van der Waals surface area contributed by atoms with Gasteiger partial charge in [0.05, 0.1) is 0 Å². The van der Waals surface area contributed by atoms with Gasteiger partial charge in [-0.2, -0.15) is 13.2 Å². The van der Waals surface area contributed by atoms with Crippen molar-refractivity contribution in [3.63, 3.8) is 0 Å². The molecule has 3 nitrogen and oxygen atoms in total. The van der Waals surface area contributed by atoms with Gasteiger partial charge in [0.1, 0.15) is 12.6 Å². The molecular formula is C13H17F3N2O. The predicted molar refractivity (Wildman–Crippen MR) is 66.3 cm³/mol. The molecule has 0 fully saturated rings. The topological polar surface area (TPSA) is 46.3 Å². The van der Waals surface area contributed by atoms with E-state index in [1.54, 1.807) is 30.3 Å². The Morgan fingerprint density at radius 2 is 1.79 bits per heavy atom. The second-order valence-electron chi connectivity index (χ2n) is 4.56. The molecule has 1 aromatic rings. The van der Waals surface area contributed by atoms with Crippen LogP contribution in [0, 0.1) is 0 Å². The van der Waals surface area contributed by atoms with Gasteiger partial charge in [0.2, 0.25) is 5.91 Å². The van der Waals surface area contributed by atoms with Crippen LogP contribution in [-0.2, 0) is 4.79 Å². The lowest BCUT2D eigenvalue weighted by Crippen LogP contribution is -2.47. The summed E-state index contributed by atoms with van der Waals surface area (Å²) in [5, 5.41) is 0. The Bertz CT molecular complexity index is 418. The highest BCUT2D eigenvalue weighted by atomic mass is 19.4. The standard InChI is InChI=1S/C13H17F3N2O/c1-9(2)18(8-13(14,15)16)12(19)11(17)10-6-4-3-5-7-10/h3-7,9,11H,8,17H2,1-2H3/t11-/m1/s1. The van der Waals surface area contributed by atoms with Crippen molar-refractivity contribution in [1.82, 2.24) is 4.90 Å². The molecule has 2 N–H and O–H groups in total. The summed E-state index contributed by atoms with van der Waals surface area (Å²) < 4.78 is 37.4. The molecule has 1 amide bonds. The van der Waals surface area contributed by atoms with Gasteiger partial charge >= 0.3 is 6.18 Å². The third kappa shape index (κ3) is 4.55. The van der Waals surface area contributed by atoms with E-state index in [1.165, 1.54) is 13.8 Å². The predicted octanol–water partition coefficient (Wildman–Crippen LogP) is 2.49. The fraction of sp³-hybridized carbons (Fsp3) is 0.462. The van der Waals surface area contributed by atoms with Crippen LogP contribution in [0.1, 0.15) is 25.5 Å². The van der Waals surface area contributed by atoms with E-state index in [0.717, 1.165) is 4.90 Å². The molecule has 0 bridgehead atoms. The molecule has 0 heterocycles. The number of nitrogens with two attached hydrogens (primary N) is 1. The lowest BCUT2D eigenvalue weighted by atomic mass is 10.1. The minimum Gasteiger partial charge on any atom is -0.330 e. The number of nitrogens with zero attached hydrogens (tertiary/aromatic N) is 1. The van der Waals surface area contributed by atoms with Crippen molar-refractivity contribution in [3.8, 4) is 0 Å². The lowest BCUT2D eigenvalue weighted by Gasteiger charge is -2.30. The van der Waals surface area contributed by atoms with Crippen molar-refractivity contribution in [3.05, 3.63) is 35.9 Å². The normalized spacial score (nSPS) is 13.4. The van der Waals surface area contributed by atoms with Crippen LogP contribution in [-0.4, -0.2) is 29.6 Å². The van der Waals surface area contributed by atoms with E-state index in [2.05, 4.69) is 0 Å². The first-order chi connectivity index (χ1) is 8.72. The van der Waals surface area contributed by atoms with Gasteiger partial charge in [-0.1, -0.05) is 30.3 Å². The van der Waals surface area contributed by atoms with Crippen molar-refractivity contribution < 1.29 is 18.0 Å². The zero-order valence-corrected chi connectivity index (χ0v) is 10.8. The van der Waals surface area contributed by atoms with Gasteiger partial charge in [0.15, 0.2) is 0 Å². The summed E-state index contributed by atoms with van der Waals surface area (Å²) in [5.74, 6) is -0.724. The highest BCUT2D eigenvalue weighted by molar-refractivity contribution is 5.83. The van der Waals surface area contributed by atoms with Gasteiger partial charge in [-0.25, -0.2) is 0 Å². The summed E-state index contributed by atoms with van der Waals surface area (Å²) in [6.45, 7) is 1.77. The lowest BCUT2D eigenvalue weighted by molar-refractivity contribution is -0.165.